The maximum atomic E-state index is 5.41. The third-order valence-electron chi connectivity index (χ3n) is 10.3. The van der Waals surface area contributed by atoms with Crippen LogP contribution in [0.15, 0.2) is 170 Å². The maximum absolute atomic E-state index is 5.41. The van der Waals surface area contributed by atoms with Crippen molar-refractivity contribution in [3.63, 3.8) is 0 Å². The Kier molecular flexibility index (Phi) is 5.63. The summed E-state index contributed by atoms with van der Waals surface area (Å²) in [7, 11) is 0. The molecule has 0 spiro atoms. The normalized spacial score (nSPS) is 12.0. The number of benzene rings is 8. The monoisotopic (exact) mass is 636 g/mol. The summed E-state index contributed by atoms with van der Waals surface area (Å²) < 4.78 is 4.76. The Hall–Kier alpha value is -6.78. The second-order valence-electron chi connectivity index (χ2n) is 12.9. The van der Waals surface area contributed by atoms with Crippen LogP contribution in [-0.2, 0) is 0 Å². The number of hydrogen-bond acceptors (Lipinski definition) is 2. The average molecular weight is 637 g/mol. The molecule has 0 aliphatic heterocycles. The molecule has 0 bridgehead atoms. The standard InChI is InChI=1S/C46H28N4/c1-3-15-29(16-4-1)43-36-22-9-12-24-38(36)47-46(48-43)50-40-26-14-11-23-37(40)42-41-33(31-19-7-8-21-34(31)45(42)50)27-28-35-32-20-10-13-25-39(32)49(44(35)41)30-17-5-2-6-18-30/h1-28H. The van der Waals surface area contributed by atoms with E-state index in [1.54, 1.807) is 0 Å². The topological polar surface area (TPSA) is 35.6 Å². The highest BCUT2D eigenvalue weighted by Gasteiger charge is 2.24. The molecule has 0 amide bonds. The SMILES string of the molecule is c1ccc(-c2nc(-n3c4ccccc4c4c5c(ccc6c7ccccc7n(-c7ccccc7)c65)c5ccccc5c43)nc3ccccc23)cc1. The highest BCUT2D eigenvalue weighted by atomic mass is 15.2. The molecular formula is C46H28N4. The molecule has 3 aromatic heterocycles. The van der Waals surface area contributed by atoms with Gasteiger partial charge in [0.15, 0.2) is 0 Å². The summed E-state index contributed by atoms with van der Waals surface area (Å²) in [5, 5.41) is 10.7. The molecule has 8 aromatic carbocycles. The smallest absolute Gasteiger partial charge is 0.235 e. The van der Waals surface area contributed by atoms with Crippen molar-refractivity contribution in [1.29, 1.82) is 0 Å². The lowest BCUT2D eigenvalue weighted by molar-refractivity contribution is 1.02. The van der Waals surface area contributed by atoms with Crippen LogP contribution in [0.25, 0.3) is 99.0 Å². The van der Waals surface area contributed by atoms with Gasteiger partial charge in [-0.1, -0.05) is 140 Å². The molecule has 0 atom stereocenters. The van der Waals surface area contributed by atoms with E-state index in [4.69, 9.17) is 9.97 Å². The van der Waals surface area contributed by atoms with E-state index < -0.39 is 0 Å². The molecule has 0 radical (unpaired) electrons. The number of para-hydroxylation sites is 4. The molecule has 0 aliphatic carbocycles. The van der Waals surface area contributed by atoms with Gasteiger partial charge >= 0.3 is 0 Å². The van der Waals surface area contributed by atoms with Gasteiger partial charge in [-0.05, 0) is 41.1 Å². The predicted molar refractivity (Wildman–Crippen MR) is 209 cm³/mol. The van der Waals surface area contributed by atoms with E-state index in [-0.39, 0.29) is 0 Å². The van der Waals surface area contributed by atoms with Crippen LogP contribution in [0.1, 0.15) is 0 Å². The number of nitrogens with zero attached hydrogens (tertiary/aromatic N) is 4. The van der Waals surface area contributed by atoms with Crippen LogP contribution in [0, 0.1) is 0 Å². The molecule has 50 heavy (non-hydrogen) atoms. The quantitative estimate of drug-likeness (QED) is 0.181. The van der Waals surface area contributed by atoms with Crippen LogP contribution in [0.2, 0.25) is 0 Å². The summed E-state index contributed by atoms with van der Waals surface area (Å²) in [5.41, 5.74) is 8.64. The lowest BCUT2D eigenvalue weighted by Crippen LogP contribution is -2.04. The molecule has 11 aromatic rings. The number of fused-ring (bicyclic) bond motifs is 13. The Morgan fingerprint density at radius 2 is 0.860 bits per heavy atom. The van der Waals surface area contributed by atoms with E-state index in [0.29, 0.717) is 5.95 Å². The van der Waals surface area contributed by atoms with Crippen molar-refractivity contribution in [3.05, 3.63) is 170 Å². The molecule has 0 saturated carbocycles. The summed E-state index contributed by atoms with van der Waals surface area (Å²) in [6, 6.07) is 60.5. The molecule has 11 rings (SSSR count). The van der Waals surface area contributed by atoms with Gasteiger partial charge in [-0.3, -0.25) is 4.57 Å². The van der Waals surface area contributed by atoms with Crippen LogP contribution in [0.4, 0.5) is 0 Å². The van der Waals surface area contributed by atoms with Crippen LogP contribution in [0.5, 0.6) is 0 Å². The van der Waals surface area contributed by atoms with Crippen molar-refractivity contribution in [2.45, 2.75) is 0 Å². The van der Waals surface area contributed by atoms with Gasteiger partial charge in [0.2, 0.25) is 5.95 Å². The van der Waals surface area contributed by atoms with Gasteiger partial charge in [-0.15, -0.1) is 0 Å². The Morgan fingerprint density at radius 3 is 1.64 bits per heavy atom. The first-order valence-electron chi connectivity index (χ1n) is 17.0. The van der Waals surface area contributed by atoms with Crippen LogP contribution >= 0.6 is 0 Å². The van der Waals surface area contributed by atoms with Crippen molar-refractivity contribution in [2.24, 2.45) is 0 Å². The fourth-order valence-corrected chi connectivity index (χ4v) is 8.24. The first kappa shape index (κ1) is 27.2. The first-order chi connectivity index (χ1) is 24.8. The summed E-state index contributed by atoms with van der Waals surface area (Å²) >= 11 is 0. The Balaban J connectivity index is 1.40. The predicted octanol–water partition coefficient (Wildman–Crippen LogP) is 11.8. The molecule has 3 heterocycles. The van der Waals surface area contributed by atoms with Crippen LogP contribution in [-0.4, -0.2) is 19.1 Å². The van der Waals surface area contributed by atoms with Crippen molar-refractivity contribution in [2.75, 3.05) is 0 Å². The molecule has 0 N–H and O–H groups in total. The molecule has 0 fully saturated rings. The Labute approximate surface area is 287 Å². The van der Waals surface area contributed by atoms with Crippen molar-refractivity contribution >= 4 is 76.1 Å². The van der Waals surface area contributed by atoms with E-state index in [9.17, 15) is 0 Å². The van der Waals surface area contributed by atoms with Crippen molar-refractivity contribution in [3.8, 4) is 22.9 Å². The Morgan fingerprint density at radius 1 is 0.340 bits per heavy atom. The molecule has 0 aliphatic rings. The summed E-state index contributed by atoms with van der Waals surface area (Å²) in [6.07, 6.45) is 0. The molecule has 0 unspecified atom stereocenters. The lowest BCUT2D eigenvalue weighted by atomic mass is 9.94. The minimum atomic E-state index is 0.661. The third-order valence-corrected chi connectivity index (χ3v) is 10.3. The molecule has 0 saturated heterocycles. The van der Waals surface area contributed by atoms with Gasteiger partial charge in [-0.25, -0.2) is 9.97 Å². The van der Waals surface area contributed by atoms with Gasteiger partial charge < -0.3 is 4.57 Å². The molecule has 4 heteroatoms. The summed E-state index contributed by atoms with van der Waals surface area (Å²) in [5.74, 6) is 0.661. The summed E-state index contributed by atoms with van der Waals surface area (Å²) in [6.45, 7) is 0. The van der Waals surface area contributed by atoms with Gasteiger partial charge in [0, 0.05) is 49.0 Å². The highest BCUT2D eigenvalue weighted by Crippen LogP contribution is 2.47. The highest BCUT2D eigenvalue weighted by molar-refractivity contribution is 6.38. The maximum Gasteiger partial charge on any atom is 0.235 e. The molecule has 232 valence electrons. The largest absolute Gasteiger partial charge is 0.309 e. The number of hydrogen-bond donors (Lipinski definition) is 0. The zero-order valence-corrected chi connectivity index (χ0v) is 27.0. The first-order valence-corrected chi connectivity index (χ1v) is 17.0. The average Bonchev–Trinajstić information content (AvgIpc) is 3.72. The van der Waals surface area contributed by atoms with Crippen molar-refractivity contribution in [1.82, 2.24) is 19.1 Å². The zero-order chi connectivity index (χ0) is 32.8. The second-order valence-corrected chi connectivity index (χ2v) is 12.9. The van der Waals surface area contributed by atoms with Gasteiger partial charge in [0.05, 0.1) is 33.3 Å². The fourth-order valence-electron chi connectivity index (χ4n) is 8.24. The van der Waals surface area contributed by atoms with E-state index in [1.165, 1.54) is 54.1 Å². The van der Waals surface area contributed by atoms with Gasteiger partial charge in [0.25, 0.3) is 0 Å². The van der Waals surface area contributed by atoms with E-state index in [1.807, 2.05) is 6.07 Å². The lowest BCUT2D eigenvalue weighted by Gasteiger charge is -2.15. The minimum Gasteiger partial charge on any atom is -0.309 e. The minimum absolute atomic E-state index is 0.661. The van der Waals surface area contributed by atoms with Crippen LogP contribution in [0.3, 0.4) is 0 Å². The third kappa shape index (κ3) is 3.70. The van der Waals surface area contributed by atoms with Crippen molar-refractivity contribution < 1.29 is 0 Å². The fraction of sp³-hybridized carbons (Fsp3) is 0. The Bertz CT molecular complexity index is 3140. The molecule has 4 nitrogen and oxygen atoms in total. The van der Waals surface area contributed by atoms with Gasteiger partial charge in [0.1, 0.15) is 0 Å². The number of aromatic nitrogens is 4. The second kappa shape index (κ2) is 10.4. The summed E-state index contributed by atoms with van der Waals surface area (Å²) in [4.78, 5) is 10.7. The van der Waals surface area contributed by atoms with E-state index >= 15 is 0 Å². The van der Waals surface area contributed by atoms with E-state index in [2.05, 4.69) is 173 Å². The van der Waals surface area contributed by atoms with Crippen LogP contribution < -0.4 is 0 Å². The zero-order valence-electron chi connectivity index (χ0n) is 27.0. The molecular weight excluding hydrogens is 609 g/mol. The van der Waals surface area contributed by atoms with E-state index in [0.717, 1.165) is 38.9 Å². The number of rotatable bonds is 3. The van der Waals surface area contributed by atoms with Gasteiger partial charge in [-0.2, -0.15) is 0 Å².